The number of nitrogens with one attached hydrogen (secondary N) is 1. The Labute approximate surface area is 125 Å². The molecule has 1 aliphatic heterocycles. The zero-order chi connectivity index (χ0) is 14.5. The highest BCUT2D eigenvalue weighted by molar-refractivity contribution is 7.13. The molecule has 0 radical (unpaired) electrons. The van der Waals surface area contributed by atoms with Crippen molar-refractivity contribution in [2.75, 3.05) is 18.4 Å². The van der Waals surface area contributed by atoms with Gasteiger partial charge in [-0.15, -0.1) is 11.3 Å². The minimum absolute atomic E-state index is 0.0625. The smallest absolute Gasteiger partial charge is 0.226 e. The quantitative estimate of drug-likeness (QED) is 0.906. The average molecular weight is 295 g/mol. The van der Waals surface area contributed by atoms with Gasteiger partial charge in [0, 0.05) is 24.9 Å². The summed E-state index contributed by atoms with van der Waals surface area (Å²) in [5.41, 5.74) is 1.07. The van der Waals surface area contributed by atoms with E-state index in [0.717, 1.165) is 36.4 Å². The fourth-order valence-corrected chi connectivity index (χ4v) is 3.36. The normalized spacial score (nSPS) is 20.3. The summed E-state index contributed by atoms with van der Waals surface area (Å²) in [5.74, 6) is 1.23. The molecule has 0 aliphatic carbocycles. The molecule has 1 N–H and O–H groups in total. The topological polar surface area (TPSA) is 45.2 Å². The number of amides is 1. The van der Waals surface area contributed by atoms with Gasteiger partial charge in [-0.25, -0.2) is 4.98 Å². The Morgan fingerprint density at radius 2 is 2.40 bits per heavy atom. The standard InChI is InChI=1S/C15H25N3OS/c1-11(2)7-14(19)17-15-16-13(10-20-15)9-18-6-4-5-12(3)8-18/h10-12H,4-9H2,1-3H3,(H,16,17,19). The van der Waals surface area contributed by atoms with Gasteiger partial charge < -0.3 is 5.32 Å². The molecule has 1 aromatic rings. The number of rotatable bonds is 5. The van der Waals surface area contributed by atoms with Crippen LogP contribution in [0.25, 0.3) is 0 Å². The van der Waals surface area contributed by atoms with E-state index in [0.29, 0.717) is 12.3 Å². The molecule has 0 aromatic carbocycles. The van der Waals surface area contributed by atoms with Crippen LogP contribution in [0, 0.1) is 11.8 Å². The van der Waals surface area contributed by atoms with Gasteiger partial charge in [0.1, 0.15) is 0 Å². The van der Waals surface area contributed by atoms with E-state index in [2.05, 4.69) is 27.5 Å². The molecule has 1 saturated heterocycles. The van der Waals surface area contributed by atoms with Crippen LogP contribution in [-0.2, 0) is 11.3 Å². The molecule has 2 heterocycles. The Morgan fingerprint density at radius 3 is 3.10 bits per heavy atom. The van der Waals surface area contributed by atoms with E-state index < -0.39 is 0 Å². The van der Waals surface area contributed by atoms with Crippen LogP contribution in [0.1, 0.15) is 45.7 Å². The van der Waals surface area contributed by atoms with Crippen LogP contribution in [0.3, 0.4) is 0 Å². The van der Waals surface area contributed by atoms with Gasteiger partial charge in [0.25, 0.3) is 0 Å². The van der Waals surface area contributed by atoms with E-state index >= 15 is 0 Å². The van der Waals surface area contributed by atoms with Crippen LogP contribution in [0.5, 0.6) is 0 Å². The second kappa shape index (κ2) is 7.18. The molecule has 0 spiro atoms. The number of hydrogen-bond donors (Lipinski definition) is 1. The third-order valence-electron chi connectivity index (χ3n) is 3.52. The van der Waals surface area contributed by atoms with Crippen molar-refractivity contribution in [3.05, 3.63) is 11.1 Å². The first-order valence-corrected chi connectivity index (χ1v) is 8.37. The zero-order valence-electron chi connectivity index (χ0n) is 12.7. The summed E-state index contributed by atoms with van der Waals surface area (Å²) in [6.45, 7) is 9.63. The SMILES string of the molecule is CC(C)CC(=O)Nc1nc(CN2CCCC(C)C2)cs1. The summed E-state index contributed by atoms with van der Waals surface area (Å²) in [5, 5.41) is 5.68. The van der Waals surface area contributed by atoms with Crippen LogP contribution in [0.4, 0.5) is 5.13 Å². The van der Waals surface area contributed by atoms with Gasteiger partial charge in [-0.3, -0.25) is 9.69 Å². The molecule has 1 aromatic heterocycles. The minimum atomic E-state index is 0.0625. The second-order valence-electron chi connectivity index (χ2n) is 6.27. The second-order valence-corrected chi connectivity index (χ2v) is 7.13. The van der Waals surface area contributed by atoms with Gasteiger partial charge in [0.2, 0.25) is 5.91 Å². The molecule has 1 fully saturated rings. The van der Waals surface area contributed by atoms with Crippen LogP contribution in [-0.4, -0.2) is 28.9 Å². The maximum Gasteiger partial charge on any atom is 0.226 e. The number of aromatic nitrogens is 1. The Balaban J connectivity index is 1.84. The van der Waals surface area contributed by atoms with Gasteiger partial charge >= 0.3 is 0 Å². The largest absolute Gasteiger partial charge is 0.302 e. The monoisotopic (exact) mass is 295 g/mol. The number of likely N-dealkylation sites (tertiary alicyclic amines) is 1. The third-order valence-corrected chi connectivity index (χ3v) is 4.33. The summed E-state index contributed by atoms with van der Waals surface area (Å²) < 4.78 is 0. The number of hydrogen-bond acceptors (Lipinski definition) is 4. The Kier molecular flexibility index (Phi) is 5.54. The van der Waals surface area contributed by atoms with Crippen LogP contribution < -0.4 is 5.32 Å². The third kappa shape index (κ3) is 4.87. The van der Waals surface area contributed by atoms with Crippen LogP contribution >= 0.6 is 11.3 Å². The van der Waals surface area contributed by atoms with Crippen molar-refractivity contribution in [1.29, 1.82) is 0 Å². The Hall–Kier alpha value is -0.940. The predicted molar refractivity (Wildman–Crippen MR) is 83.9 cm³/mol. The predicted octanol–water partition coefficient (Wildman–Crippen LogP) is 3.36. The minimum Gasteiger partial charge on any atom is -0.302 e. The molecule has 4 nitrogen and oxygen atoms in total. The maximum atomic E-state index is 11.7. The van der Waals surface area contributed by atoms with E-state index in [1.165, 1.54) is 24.2 Å². The van der Waals surface area contributed by atoms with Crippen molar-refractivity contribution in [3.8, 4) is 0 Å². The first-order valence-electron chi connectivity index (χ1n) is 7.49. The van der Waals surface area contributed by atoms with Crippen molar-refractivity contribution in [1.82, 2.24) is 9.88 Å². The molecule has 1 aliphatic rings. The highest BCUT2D eigenvalue weighted by atomic mass is 32.1. The lowest BCUT2D eigenvalue weighted by Crippen LogP contribution is -2.33. The van der Waals surface area contributed by atoms with Gasteiger partial charge in [-0.1, -0.05) is 20.8 Å². The van der Waals surface area contributed by atoms with Gasteiger partial charge in [-0.2, -0.15) is 0 Å². The molecule has 1 unspecified atom stereocenters. The van der Waals surface area contributed by atoms with Gasteiger partial charge in [0.05, 0.1) is 5.69 Å². The summed E-state index contributed by atoms with van der Waals surface area (Å²) in [6, 6.07) is 0. The molecule has 20 heavy (non-hydrogen) atoms. The van der Waals surface area contributed by atoms with Crippen molar-refractivity contribution in [3.63, 3.8) is 0 Å². The highest BCUT2D eigenvalue weighted by Gasteiger charge is 2.17. The fraction of sp³-hybridized carbons (Fsp3) is 0.733. The van der Waals surface area contributed by atoms with E-state index in [1.54, 1.807) is 0 Å². The van der Waals surface area contributed by atoms with Gasteiger partial charge in [0.15, 0.2) is 5.13 Å². The van der Waals surface area contributed by atoms with Crippen LogP contribution in [0.15, 0.2) is 5.38 Å². The lowest BCUT2D eigenvalue weighted by atomic mass is 10.0. The number of thiazole rings is 1. The Bertz CT molecular complexity index is 444. The molecule has 112 valence electrons. The van der Waals surface area contributed by atoms with Gasteiger partial charge in [-0.05, 0) is 31.2 Å². The number of carbonyl (C=O) groups excluding carboxylic acids is 1. The first kappa shape index (κ1) is 15.4. The molecule has 2 rings (SSSR count). The maximum absolute atomic E-state index is 11.7. The molecule has 0 saturated carbocycles. The van der Waals surface area contributed by atoms with E-state index in [4.69, 9.17) is 0 Å². The summed E-state index contributed by atoms with van der Waals surface area (Å²) >= 11 is 1.52. The molecular formula is C15H25N3OS. The van der Waals surface area contributed by atoms with Crippen molar-refractivity contribution >= 4 is 22.4 Å². The lowest BCUT2D eigenvalue weighted by Gasteiger charge is -2.30. The highest BCUT2D eigenvalue weighted by Crippen LogP contribution is 2.21. The average Bonchev–Trinajstić information content (AvgIpc) is 2.75. The summed E-state index contributed by atoms with van der Waals surface area (Å²) in [4.78, 5) is 18.7. The molecular weight excluding hydrogens is 270 g/mol. The van der Waals surface area contributed by atoms with E-state index in [9.17, 15) is 4.79 Å². The zero-order valence-corrected chi connectivity index (χ0v) is 13.5. The van der Waals surface area contributed by atoms with Crippen molar-refractivity contribution in [2.45, 2.75) is 46.6 Å². The summed E-state index contributed by atoms with van der Waals surface area (Å²) in [6.07, 6.45) is 3.17. The first-order chi connectivity index (χ1) is 9.52. The number of anilines is 1. The van der Waals surface area contributed by atoms with Crippen molar-refractivity contribution < 1.29 is 4.79 Å². The Morgan fingerprint density at radius 1 is 1.60 bits per heavy atom. The number of piperidine rings is 1. The molecule has 5 heteroatoms. The van der Waals surface area contributed by atoms with E-state index in [1.807, 2.05) is 13.8 Å². The molecule has 0 bridgehead atoms. The molecule has 1 amide bonds. The summed E-state index contributed by atoms with van der Waals surface area (Å²) in [7, 11) is 0. The fourth-order valence-electron chi connectivity index (χ4n) is 2.64. The number of carbonyl (C=O) groups is 1. The lowest BCUT2D eigenvalue weighted by molar-refractivity contribution is -0.116. The van der Waals surface area contributed by atoms with E-state index in [-0.39, 0.29) is 5.91 Å². The van der Waals surface area contributed by atoms with Crippen LogP contribution in [0.2, 0.25) is 0 Å². The molecule has 1 atom stereocenters. The van der Waals surface area contributed by atoms with Crippen molar-refractivity contribution in [2.24, 2.45) is 11.8 Å². The number of nitrogens with zero attached hydrogens (tertiary/aromatic N) is 2.